The highest BCUT2D eigenvalue weighted by molar-refractivity contribution is 7.09. The molecule has 0 amide bonds. The van der Waals surface area contributed by atoms with Gasteiger partial charge in [-0.3, -0.25) is 0 Å². The normalized spacial score (nSPS) is 11.1. The molecule has 0 atom stereocenters. The molecule has 2 aromatic heterocycles. The molecule has 0 aliphatic heterocycles. The van der Waals surface area contributed by atoms with Crippen molar-refractivity contribution in [3.8, 4) is 11.5 Å². The van der Waals surface area contributed by atoms with E-state index in [1.807, 2.05) is 24.4 Å². The van der Waals surface area contributed by atoms with Crippen LogP contribution in [0.15, 0.2) is 23.6 Å². The summed E-state index contributed by atoms with van der Waals surface area (Å²) in [4.78, 5) is 13.1. The van der Waals surface area contributed by atoms with Gasteiger partial charge in [-0.05, 0) is 19.1 Å². The Labute approximate surface area is 117 Å². The molecule has 0 bridgehead atoms. The maximum absolute atomic E-state index is 6.16. The molecule has 3 rings (SSSR count). The summed E-state index contributed by atoms with van der Waals surface area (Å²) in [7, 11) is 0. The Hall–Kier alpha value is -1.23. The van der Waals surface area contributed by atoms with Gasteiger partial charge >= 0.3 is 0 Å². The minimum absolute atomic E-state index is 0.392. The molecule has 0 radical (unpaired) electrons. The molecule has 90 valence electrons. The zero-order valence-electron chi connectivity index (χ0n) is 9.32. The van der Waals surface area contributed by atoms with Crippen LogP contribution in [-0.2, 0) is 0 Å². The van der Waals surface area contributed by atoms with Crippen molar-refractivity contribution in [1.29, 1.82) is 0 Å². The smallest absolute Gasteiger partial charge is 0.181 e. The number of aromatic nitrogens is 3. The number of benzene rings is 1. The number of nitrogens with zero attached hydrogens (tertiary/aromatic N) is 3. The molecule has 0 aliphatic carbocycles. The van der Waals surface area contributed by atoms with Gasteiger partial charge in [-0.2, -0.15) is 0 Å². The lowest BCUT2D eigenvalue weighted by molar-refractivity contribution is 1.18. The van der Waals surface area contributed by atoms with Crippen molar-refractivity contribution in [2.24, 2.45) is 0 Å². The van der Waals surface area contributed by atoms with Gasteiger partial charge in [0.05, 0.1) is 15.5 Å². The molecule has 6 heteroatoms. The third-order valence-corrected chi connectivity index (χ3v) is 3.85. The molecule has 3 aromatic rings. The van der Waals surface area contributed by atoms with Crippen LogP contribution < -0.4 is 0 Å². The number of hydrogen-bond acceptors (Lipinski definition) is 4. The van der Waals surface area contributed by atoms with Crippen LogP contribution in [0.4, 0.5) is 0 Å². The van der Waals surface area contributed by atoms with Crippen LogP contribution in [-0.4, -0.2) is 15.0 Å². The van der Waals surface area contributed by atoms with Gasteiger partial charge in [0, 0.05) is 10.8 Å². The Balaban J connectivity index is 2.29. The summed E-state index contributed by atoms with van der Waals surface area (Å²) in [5.41, 5.74) is 1.38. The highest BCUT2D eigenvalue weighted by Crippen LogP contribution is 2.29. The predicted octanol–water partition coefficient (Wildman–Crippen LogP) is 4.37. The van der Waals surface area contributed by atoms with Gasteiger partial charge in [0.15, 0.2) is 5.82 Å². The van der Waals surface area contributed by atoms with E-state index in [1.54, 1.807) is 17.4 Å². The van der Waals surface area contributed by atoms with Crippen LogP contribution in [0, 0.1) is 6.92 Å². The second kappa shape index (κ2) is 4.46. The van der Waals surface area contributed by atoms with Crippen LogP contribution in [0.1, 0.15) is 5.01 Å². The summed E-state index contributed by atoms with van der Waals surface area (Å²) in [6.07, 6.45) is 0. The predicted molar refractivity (Wildman–Crippen MR) is 75.4 cm³/mol. The maximum Gasteiger partial charge on any atom is 0.181 e. The zero-order chi connectivity index (χ0) is 12.7. The molecule has 0 unspecified atom stereocenters. The van der Waals surface area contributed by atoms with E-state index < -0.39 is 0 Å². The fraction of sp³-hybridized carbons (Fsp3) is 0.0833. The number of para-hydroxylation sites is 1. The minimum Gasteiger partial charge on any atom is -0.238 e. The monoisotopic (exact) mass is 295 g/mol. The number of thiazole rings is 1. The van der Waals surface area contributed by atoms with Crippen molar-refractivity contribution >= 4 is 45.4 Å². The Bertz CT molecular complexity index is 739. The van der Waals surface area contributed by atoms with Crippen LogP contribution in [0.3, 0.4) is 0 Å². The lowest BCUT2D eigenvalue weighted by Gasteiger charge is -2.03. The van der Waals surface area contributed by atoms with Gasteiger partial charge in [-0.25, -0.2) is 15.0 Å². The molecule has 0 N–H and O–H groups in total. The van der Waals surface area contributed by atoms with Gasteiger partial charge < -0.3 is 0 Å². The summed E-state index contributed by atoms with van der Waals surface area (Å²) in [5.74, 6) is 0.505. The minimum atomic E-state index is 0.392. The second-order valence-electron chi connectivity index (χ2n) is 3.73. The zero-order valence-corrected chi connectivity index (χ0v) is 11.6. The number of hydrogen-bond donors (Lipinski definition) is 0. The largest absolute Gasteiger partial charge is 0.238 e. The van der Waals surface area contributed by atoms with Crippen LogP contribution in [0.5, 0.6) is 0 Å². The number of aryl methyl sites for hydroxylation is 1. The van der Waals surface area contributed by atoms with Crippen molar-refractivity contribution < 1.29 is 0 Å². The molecule has 0 spiro atoms. The van der Waals surface area contributed by atoms with E-state index >= 15 is 0 Å². The molecule has 0 aliphatic rings. The van der Waals surface area contributed by atoms with E-state index in [0.29, 0.717) is 21.5 Å². The fourth-order valence-corrected chi connectivity index (χ4v) is 2.70. The topological polar surface area (TPSA) is 38.7 Å². The highest BCUT2D eigenvalue weighted by Gasteiger charge is 2.11. The third kappa shape index (κ3) is 1.96. The van der Waals surface area contributed by atoms with Gasteiger partial charge in [-0.15, -0.1) is 11.3 Å². The number of halogens is 2. The average Bonchev–Trinajstić information content (AvgIpc) is 2.77. The van der Waals surface area contributed by atoms with Gasteiger partial charge in [-0.1, -0.05) is 29.3 Å². The first kappa shape index (κ1) is 11.8. The van der Waals surface area contributed by atoms with Crippen LogP contribution in [0.25, 0.3) is 22.4 Å². The van der Waals surface area contributed by atoms with Crippen LogP contribution >= 0.6 is 34.5 Å². The molecule has 1 aromatic carbocycles. The lowest BCUT2D eigenvalue weighted by atomic mass is 10.2. The molecule has 0 fully saturated rings. The number of fused-ring (bicyclic) bond motifs is 1. The number of rotatable bonds is 1. The Morgan fingerprint density at radius 2 is 1.94 bits per heavy atom. The first-order valence-electron chi connectivity index (χ1n) is 5.19. The summed E-state index contributed by atoms with van der Waals surface area (Å²) < 4.78 is 0. The van der Waals surface area contributed by atoms with Crippen LogP contribution in [0.2, 0.25) is 10.2 Å². The van der Waals surface area contributed by atoms with E-state index in [0.717, 1.165) is 16.1 Å². The van der Waals surface area contributed by atoms with E-state index in [2.05, 4.69) is 15.0 Å². The standard InChI is InChI=1S/C12H7Cl2N3S/c1-6-15-9(5-18-6)12-16-10-7(11(14)17-12)3-2-4-8(10)13/h2-5H,1H3. The summed E-state index contributed by atoms with van der Waals surface area (Å²) >= 11 is 13.8. The first-order chi connectivity index (χ1) is 8.65. The second-order valence-corrected chi connectivity index (χ2v) is 5.55. The molecule has 2 heterocycles. The van der Waals surface area contributed by atoms with Crippen molar-refractivity contribution in [2.75, 3.05) is 0 Å². The molecule has 18 heavy (non-hydrogen) atoms. The Morgan fingerprint density at radius 1 is 1.11 bits per heavy atom. The molecular weight excluding hydrogens is 289 g/mol. The van der Waals surface area contributed by atoms with E-state index in [4.69, 9.17) is 23.2 Å². The summed E-state index contributed by atoms with van der Waals surface area (Å²) in [5, 5.41) is 4.57. The van der Waals surface area contributed by atoms with Crippen molar-refractivity contribution in [2.45, 2.75) is 6.92 Å². The van der Waals surface area contributed by atoms with Crippen molar-refractivity contribution in [3.63, 3.8) is 0 Å². The highest BCUT2D eigenvalue weighted by atomic mass is 35.5. The van der Waals surface area contributed by atoms with E-state index in [1.165, 1.54) is 0 Å². The van der Waals surface area contributed by atoms with Gasteiger partial charge in [0.1, 0.15) is 10.8 Å². The van der Waals surface area contributed by atoms with Crippen molar-refractivity contribution in [1.82, 2.24) is 15.0 Å². The molecule has 3 nitrogen and oxygen atoms in total. The maximum atomic E-state index is 6.16. The first-order valence-corrected chi connectivity index (χ1v) is 6.83. The quantitative estimate of drug-likeness (QED) is 0.626. The summed E-state index contributed by atoms with van der Waals surface area (Å²) in [6.45, 7) is 1.93. The SMILES string of the molecule is Cc1nc(-c2nc(Cl)c3cccc(Cl)c3n2)cs1. The summed E-state index contributed by atoms with van der Waals surface area (Å²) in [6, 6.07) is 5.45. The third-order valence-electron chi connectivity index (χ3n) is 2.48. The molecule has 0 saturated heterocycles. The molecular formula is C12H7Cl2N3S. The van der Waals surface area contributed by atoms with E-state index in [9.17, 15) is 0 Å². The fourth-order valence-electron chi connectivity index (χ4n) is 1.66. The lowest BCUT2D eigenvalue weighted by Crippen LogP contribution is -1.92. The average molecular weight is 296 g/mol. The Morgan fingerprint density at radius 3 is 2.67 bits per heavy atom. The van der Waals surface area contributed by atoms with Crippen molar-refractivity contribution in [3.05, 3.63) is 38.8 Å². The van der Waals surface area contributed by atoms with E-state index in [-0.39, 0.29) is 0 Å². The van der Waals surface area contributed by atoms with Gasteiger partial charge in [0.2, 0.25) is 0 Å². The Kier molecular flexibility index (Phi) is 2.93. The molecule has 0 saturated carbocycles. The van der Waals surface area contributed by atoms with Gasteiger partial charge in [0.25, 0.3) is 0 Å².